The topological polar surface area (TPSA) is 155 Å². The van der Waals surface area contributed by atoms with Crippen LogP contribution in [0, 0.1) is 5.92 Å². The van der Waals surface area contributed by atoms with Gasteiger partial charge in [-0.25, -0.2) is 19.6 Å². The molecule has 8 rings (SSSR count). The third kappa shape index (κ3) is 6.70. The van der Waals surface area contributed by atoms with Gasteiger partial charge in [-0.3, -0.25) is 9.69 Å². The minimum atomic E-state index is -0.715. The van der Waals surface area contributed by atoms with E-state index in [0.29, 0.717) is 6.61 Å². The van der Waals surface area contributed by atoms with Crippen LogP contribution in [0.4, 0.5) is 9.59 Å². The van der Waals surface area contributed by atoms with Crippen molar-refractivity contribution in [2.45, 2.75) is 117 Å². The fraction of sp³-hybridized carbons (Fsp3) is 0.465. The molecule has 5 atom stereocenters. The molecule has 5 heterocycles. The Balaban J connectivity index is 1.06. The number of H-pyrrole nitrogens is 2. The second-order valence-electron chi connectivity index (χ2n) is 16.9. The number of amides is 3. The second-order valence-corrected chi connectivity index (χ2v) is 16.9. The maximum absolute atomic E-state index is 13.9. The standard InChI is InChI=1S/C43H51N7O6/c1-22(2)36(48-41(52)54-8)40(51)49-23(3)9-16-34(49)39-45-31-14-12-25-18-30-28-13-11-26(17-27(28)21-55-35(30)19-29(25)37(31)47-39)32-20-44-38(46-32)33-15-10-24(4)50(33)42(53)56-43(5,6)7/h11-14,17-20,22-24,33-34,36H,9-10,15-16,21H2,1-8H3,(H,44,46)(H,45,47)(H,48,52)/t23?,24?,33-,34-,36-/m0/s1. The molecule has 0 radical (unpaired) electrons. The summed E-state index contributed by atoms with van der Waals surface area (Å²) in [5.74, 6) is 2.01. The Hall–Kier alpha value is -5.59. The molecule has 0 saturated carbocycles. The molecule has 3 aliphatic rings. The Kier molecular flexibility index (Phi) is 9.45. The summed E-state index contributed by atoms with van der Waals surface area (Å²) < 4.78 is 17.0. The molecule has 3 aliphatic heterocycles. The highest BCUT2D eigenvalue weighted by molar-refractivity contribution is 6.07. The average molecular weight is 762 g/mol. The first-order valence-electron chi connectivity index (χ1n) is 19.7. The number of fused-ring (bicyclic) bond motifs is 6. The van der Waals surface area contributed by atoms with E-state index in [-0.39, 0.29) is 42.1 Å². The maximum Gasteiger partial charge on any atom is 0.411 e. The number of aromatic nitrogens is 4. The quantitative estimate of drug-likeness (QED) is 0.156. The molecule has 3 amide bonds. The van der Waals surface area contributed by atoms with Crippen molar-refractivity contribution in [2.75, 3.05) is 7.11 Å². The van der Waals surface area contributed by atoms with Crippen LogP contribution in [-0.4, -0.2) is 78.7 Å². The third-order valence-electron chi connectivity index (χ3n) is 11.5. The van der Waals surface area contributed by atoms with Gasteiger partial charge in [0.25, 0.3) is 0 Å². The number of likely N-dealkylation sites (tertiary alicyclic amines) is 2. The second kappa shape index (κ2) is 14.2. The number of aromatic amines is 2. The van der Waals surface area contributed by atoms with Crippen molar-refractivity contribution in [3.8, 4) is 28.1 Å². The number of rotatable bonds is 6. The smallest absolute Gasteiger partial charge is 0.411 e. The molecule has 3 N–H and O–H groups in total. The number of alkyl carbamates (subject to hydrolysis) is 1. The number of nitrogens with one attached hydrogen (secondary N) is 3. The normalized spacial score (nSPS) is 21.2. The van der Waals surface area contributed by atoms with Gasteiger partial charge in [-0.15, -0.1) is 0 Å². The van der Waals surface area contributed by atoms with Gasteiger partial charge in [0.15, 0.2) is 0 Å². The highest BCUT2D eigenvalue weighted by Gasteiger charge is 2.42. The van der Waals surface area contributed by atoms with Gasteiger partial charge < -0.3 is 34.4 Å². The van der Waals surface area contributed by atoms with E-state index >= 15 is 0 Å². The molecular weight excluding hydrogens is 711 g/mol. The fourth-order valence-corrected chi connectivity index (χ4v) is 8.65. The number of hydrogen-bond acceptors (Lipinski definition) is 8. The first-order valence-corrected chi connectivity index (χ1v) is 19.7. The van der Waals surface area contributed by atoms with Crippen LogP contribution in [0.3, 0.4) is 0 Å². The lowest BCUT2D eigenvalue weighted by Gasteiger charge is -2.32. The third-order valence-corrected chi connectivity index (χ3v) is 11.5. The minimum absolute atomic E-state index is 0.0138. The van der Waals surface area contributed by atoms with Crippen molar-refractivity contribution < 1.29 is 28.6 Å². The van der Waals surface area contributed by atoms with Gasteiger partial charge in [0, 0.05) is 23.0 Å². The minimum Gasteiger partial charge on any atom is -0.488 e. The van der Waals surface area contributed by atoms with E-state index < -0.39 is 17.7 Å². The molecule has 294 valence electrons. The summed E-state index contributed by atoms with van der Waals surface area (Å²) in [4.78, 5) is 59.7. The van der Waals surface area contributed by atoms with Gasteiger partial charge in [0.05, 0.1) is 42.1 Å². The van der Waals surface area contributed by atoms with Gasteiger partial charge in [-0.1, -0.05) is 32.0 Å². The van der Waals surface area contributed by atoms with E-state index in [9.17, 15) is 14.4 Å². The van der Waals surface area contributed by atoms with Crippen molar-refractivity contribution in [1.29, 1.82) is 0 Å². The fourth-order valence-electron chi connectivity index (χ4n) is 8.65. The SMILES string of the molecule is COC(=O)N[C@H](C(=O)N1C(C)CC[C@H]1c1nc2ccc3cc4c(cc3c2[nH]1)OCc1cc(-c2cnc([C@@H]3CCC(C)N3C(=O)OC(C)(C)C)[nH]2)ccc1-4)C(C)C. The largest absolute Gasteiger partial charge is 0.488 e. The predicted molar refractivity (Wildman–Crippen MR) is 213 cm³/mol. The Morgan fingerprint density at radius 2 is 1.64 bits per heavy atom. The zero-order chi connectivity index (χ0) is 39.6. The molecule has 2 unspecified atom stereocenters. The van der Waals surface area contributed by atoms with Crippen molar-refractivity contribution in [2.24, 2.45) is 5.92 Å². The lowest BCUT2D eigenvalue weighted by atomic mass is 9.92. The van der Waals surface area contributed by atoms with Gasteiger partial charge in [-0.2, -0.15) is 0 Å². The predicted octanol–water partition coefficient (Wildman–Crippen LogP) is 8.56. The molecular formula is C43H51N7O6. The van der Waals surface area contributed by atoms with Gasteiger partial charge in [0.2, 0.25) is 5.91 Å². The summed E-state index contributed by atoms with van der Waals surface area (Å²) in [5, 5.41) is 4.77. The van der Waals surface area contributed by atoms with Crippen molar-refractivity contribution in [3.05, 3.63) is 65.9 Å². The highest BCUT2D eigenvalue weighted by atomic mass is 16.6. The van der Waals surface area contributed by atoms with Crippen LogP contribution < -0.4 is 10.1 Å². The summed E-state index contributed by atoms with van der Waals surface area (Å²) in [6, 6.07) is 13.6. The summed E-state index contributed by atoms with van der Waals surface area (Å²) in [7, 11) is 1.30. The maximum atomic E-state index is 13.9. The van der Waals surface area contributed by atoms with Crippen LogP contribution in [0.5, 0.6) is 5.75 Å². The number of nitrogens with zero attached hydrogens (tertiary/aromatic N) is 4. The average Bonchev–Trinajstić information content (AvgIpc) is 3.97. The van der Waals surface area contributed by atoms with Gasteiger partial charge in [0.1, 0.15) is 35.6 Å². The number of methoxy groups -OCH3 is 1. The molecule has 0 aliphatic carbocycles. The number of benzene rings is 3. The number of carbonyl (C=O) groups excluding carboxylic acids is 3. The summed E-state index contributed by atoms with van der Waals surface area (Å²) in [6.07, 6.45) is 4.18. The van der Waals surface area contributed by atoms with E-state index in [1.165, 1.54) is 7.11 Å². The Morgan fingerprint density at radius 3 is 2.36 bits per heavy atom. The van der Waals surface area contributed by atoms with Crippen molar-refractivity contribution in [1.82, 2.24) is 35.1 Å². The first kappa shape index (κ1) is 37.3. The number of imidazole rings is 2. The molecule has 13 nitrogen and oxygen atoms in total. The number of hydrogen-bond donors (Lipinski definition) is 3. The van der Waals surface area contributed by atoms with Crippen LogP contribution in [0.25, 0.3) is 44.2 Å². The Bertz CT molecular complexity index is 2340. The zero-order valence-electron chi connectivity index (χ0n) is 33.4. The van der Waals surface area contributed by atoms with Crippen LogP contribution in [0.2, 0.25) is 0 Å². The van der Waals surface area contributed by atoms with Crippen LogP contribution >= 0.6 is 0 Å². The molecule has 2 fully saturated rings. The van der Waals surface area contributed by atoms with E-state index in [4.69, 9.17) is 24.2 Å². The van der Waals surface area contributed by atoms with Crippen LogP contribution in [0.15, 0.2) is 48.7 Å². The van der Waals surface area contributed by atoms with Crippen LogP contribution in [0.1, 0.15) is 103 Å². The van der Waals surface area contributed by atoms with E-state index in [1.54, 1.807) is 0 Å². The van der Waals surface area contributed by atoms with Gasteiger partial charge >= 0.3 is 12.2 Å². The summed E-state index contributed by atoms with van der Waals surface area (Å²) in [5.41, 5.74) is 6.19. The molecule has 2 aromatic heterocycles. The summed E-state index contributed by atoms with van der Waals surface area (Å²) >= 11 is 0. The first-order chi connectivity index (χ1) is 26.7. The molecule has 0 bridgehead atoms. The van der Waals surface area contributed by atoms with E-state index in [1.807, 2.05) is 63.6 Å². The monoisotopic (exact) mass is 761 g/mol. The lowest BCUT2D eigenvalue weighted by Crippen LogP contribution is -2.52. The van der Waals surface area contributed by atoms with Crippen molar-refractivity contribution >= 4 is 39.9 Å². The van der Waals surface area contributed by atoms with E-state index in [2.05, 4.69) is 58.6 Å². The molecule has 56 heavy (non-hydrogen) atoms. The highest BCUT2D eigenvalue weighted by Crippen LogP contribution is 2.44. The molecule has 3 aromatic carbocycles. The molecule has 5 aromatic rings. The van der Waals surface area contributed by atoms with Gasteiger partial charge in [-0.05, 0) is 113 Å². The van der Waals surface area contributed by atoms with E-state index in [0.717, 1.165) is 92.8 Å². The van der Waals surface area contributed by atoms with Crippen LogP contribution in [-0.2, 0) is 20.9 Å². The number of carbonyl (C=O) groups is 3. The zero-order valence-corrected chi connectivity index (χ0v) is 33.4. The molecule has 13 heteroatoms. The Labute approximate surface area is 326 Å². The lowest BCUT2D eigenvalue weighted by molar-refractivity contribution is -0.137. The summed E-state index contributed by atoms with van der Waals surface area (Å²) in [6.45, 7) is 14.0. The van der Waals surface area contributed by atoms with Crippen molar-refractivity contribution in [3.63, 3.8) is 0 Å². The Morgan fingerprint density at radius 1 is 0.911 bits per heavy atom. The molecule has 0 spiro atoms. The molecule has 2 saturated heterocycles. The number of ether oxygens (including phenoxy) is 3.